The fourth-order valence-electron chi connectivity index (χ4n) is 7.66. The van der Waals surface area contributed by atoms with Crippen molar-refractivity contribution in [3.05, 3.63) is 24.3 Å². The largest absolute Gasteiger partial charge is 0.495 e. The van der Waals surface area contributed by atoms with Gasteiger partial charge >= 0.3 is 5.97 Å². The first-order valence-electron chi connectivity index (χ1n) is 14.9. The van der Waals surface area contributed by atoms with Gasteiger partial charge in [0.2, 0.25) is 5.91 Å². The zero-order chi connectivity index (χ0) is 26.5. The minimum atomic E-state index is -0.116. The van der Waals surface area contributed by atoms with Gasteiger partial charge in [0.1, 0.15) is 5.75 Å². The number of likely N-dealkylation sites (tertiary alicyclic amines) is 1. The van der Waals surface area contributed by atoms with Gasteiger partial charge in [-0.2, -0.15) is 0 Å². The number of anilines is 1. The molecular formula is C30H46N4O4. The van der Waals surface area contributed by atoms with Crippen LogP contribution in [0.25, 0.3) is 0 Å². The fourth-order valence-corrected chi connectivity index (χ4v) is 7.66. The maximum absolute atomic E-state index is 13.9. The molecule has 4 unspecified atom stereocenters. The van der Waals surface area contributed by atoms with Crippen molar-refractivity contribution in [1.29, 1.82) is 0 Å². The molecule has 4 saturated heterocycles. The van der Waals surface area contributed by atoms with Crippen molar-refractivity contribution in [2.75, 3.05) is 71.0 Å². The Morgan fingerprint density at radius 3 is 2.53 bits per heavy atom. The highest BCUT2D eigenvalue weighted by Gasteiger charge is 2.49. The van der Waals surface area contributed by atoms with Crippen LogP contribution in [0.2, 0.25) is 0 Å². The predicted molar refractivity (Wildman–Crippen MR) is 148 cm³/mol. The normalized spacial score (nSPS) is 28.1. The van der Waals surface area contributed by atoms with Gasteiger partial charge < -0.3 is 19.3 Å². The van der Waals surface area contributed by atoms with Crippen LogP contribution in [0.15, 0.2) is 24.3 Å². The van der Waals surface area contributed by atoms with Crippen LogP contribution < -0.4 is 9.64 Å². The number of nitrogens with zero attached hydrogens (tertiary/aromatic N) is 4. The van der Waals surface area contributed by atoms with E-state index < -0.39 is 0 Å². The molecule has 0 saturated carbocycles. The molecule has 8 heteroatoms. The minimum Gasteiger partial charge on any atom is -0.495 e. The molecule has 0 spiro atoms. The fraction of sp³-hybridized carbons (Fsp3) is 0.733. The Morgan fingerprint density at radius 2 is 1.76 bits per heavy atom. The quantitative estimate of drug-likeness (QED) is 0.458. The Labute approximate surface area is 228 Å². The Bertz CT molecular complexity index is 948. The molecule has 0 bridgehead atoms. The lowest BCUT2D eigenvalue weighted by atomic mass is 9.69. The van der Waals surface area contributed by atoms with Crippen LogP contribution in [0, 0.1) is 11.8 Å². The van der Waals surface area contributed by atoms with Crippen molar-refractivity contribution >= 4 is 17.6 Å². The lowest BCUT2D eigenvalue weighted by molar-refractivity contribution is -0.148. The summed E-state index contributed by atoms with van der Waals surface area (Å²) < 4.78 is 10.8. The van der Waals surface area contributed by atoms with Gasteiger partial charge in [-0.3, -0.25) is 19.4 Å². The summed E-state index contributed by atoms with van der Waals surface area (Å²) in [5.74, 6) is 2.17. The molecule has 8 nitrogen and oxygen atoms in total. The first-order valence-corrected chi connectivity index (χ1v) is 14.9. The third-order valence-corrected chi connectivity index (χ3v) is 9.34. The zero-order valence-electron chi connectivity index (χ0n) is 23.4. The second-order valence-electron chi connectivity index (χ2n) is 11.5. The topological polar surface area (TPSA) is 65.6 Å². The number of carbonyl (C=O) groups excluding carboxylic acids is 2. The highest BCUT2D eigenvalue weighted by atomic mass is 16.5. The molecule has 4 aliphatic heterocycles. The van der Waals surface area contributed by atoms with Crippen molar-refractivity contribution in [3.8, 4) is 5.75 Å². The van der Waals surface area contributed by atoms with E-state index in [1.807, 2.05) is 19.1 Å². The molecule has 5 rings (SSSR count). The van der Waals surface area contributed by atoms with E-state index >= 15 is 0 Å². The number of amides is 1. The number of methoxy groups -OCH3 is 1. The molecule has 0 radical (unpaired) electrons. The molecule has 1 aromatic carbocycles. The Balaban J connectivity index is 1.23. The minimum absolute atomic E-state index is 0.116. The van der Waals surface area contributed by atoms with E-state index in [1.54, 1.807) is 7.11 Å². The zero-order valence-corrected chi connectivity index (χ0v) is 23.4. The Morgan fingerprint density at radius 1 is 1.00 bits per heavy atom. The lowest BCUT2D eigenvalue weighted by Crippen LogP contribution is -2.66. The maximum atomic E-state index is 13.9. The molecule has 0 aromatic heterocycles. The molecule has 210 valence electrons. The third kappa shape index (κ3) is 5.96. The summed E-state index contributed by atoms with van der Waals surface area (Å²) in [7, 11) is 1.72. The van der Waals surface area contributed by atoms with Crippen molar-refractivity contribution in [1.82, 2.24) is 14.7 Å². The smallest absolute Gasteiger partial charge is 0.305 e. The SMILES string of the molecule is CCOC(=O)CCCC1C2CCCN3CCCC(CN1C(=O)CN1CCN(c4ccccc4OC)CC1)C23. The van der Waals surface area contributed by atoms with Crippen LogP contribution in [-0.2, 0) is 14.3 Å². The second kappa shape index (κ2) is 12.7. The number of esters is 1. The molecule has 38 heavy (non-hydrogen) atoms. The van der Waals surface area contributed by atoms with Gasteiger partial charge in [0, 0.05) is 51.2 Å². The van der Waals surface area contributed by atoms with Gasteiger partial charge in [0.25, 0.3) is 0 Å². The number of piperazine rings is 1. The van der Waals surface area contributed by atoms with Crippen molar-refractivity contribution in [2.45, 2.75) is 64.0 Å². The molecule has 0 N–H and O–H groups in total. The molecule has 4 fully saturated rings. The van der Waals surface area contributed by atoms with E-state index in [9.17, 15) is 9.59 Å². The van der Waals surface area contributed by atoms with Crippen LogP contribution in [0.4, 0.5) is 5.69 Å². The van der Waals surface area contributed by atoms with Gasteiger partial charge in [0.15, 0.2) is 0 Å². The monoisotopic (exact) mass is 526 g/mol. The molecular weight excluding hydrogens is 480 g/mol. The molecule has 1 aromatic rings. The third-order valence-electron chi connectivity index (χ3n) is 9.34. The Kier molecular flexibility index (Phi) is 9.10. The number of carbonyl (C=O) groups is 2. The summed E-state index contributed by atoms with van der Waals surface area (Å²) in [6, 6.07) is 9.02. The summed E-state index contributed by atoms with van der Waals surface area (Å²) >= 11 is 0. The van der Waals surface area contributed by atoms with E-state index in [0.717, 1.165) is 57.0 Å². The van der Waals surface area contributed by atoms with Crippen molar-refractivity contribution < 1.29 is 19.1 Å². The molecule has 4 atom stereocenters. The van der Waals surface area contributed by atoms with Crippen LogP contribution in [0.3, 0.4) is 0 Å². The van der Waals surface area contributed by atoms with E-state index in [1.165, 1.54) is 38.8 Å². The van der Waals surface area contributed by atoms with Gasteiger partial charge in [0.05, 0.1) is 25.9 Å². The number of piperidine rings is 3. The van der Waals surface area contributed by atoms with Gasteiger partial charge in [-0.1, -0.05) is 12.1 Å². The standard InChI is InChI=1S/C30H46N4O4/c1-3-38-29(36)14-6-12-25-24-10-8-16-33-15-7-9-23(30(24)33)21-34(25)28(35)22-31-17-19-32(20-18-31)26-11-4-5-13-27(26)37-2/h4-5,11,13,23-25,30H,3,6-10,12,14-22H2,1-2H3. The average molecular weight is 527 g/mol. The highest BCUT2D eigenvalue weighted by Crippen LogP contribution is 2.43. The Hall–Kier alpha value is -2.32. The van der Waals surface area contributed by atoms with Crippen LogP contribution in [0.1, 0.15) is 51.9 Å². The molecule has 4 aliphatic rings. The highest BCUT2D eigenvalue weighted by molar-refractivity contribution is 5.79. The van der Waals surface area contributed by atoms with E-state index in [0.29, 0.717) is 37.5 Å². The van der Waals surface area contributed by atoms with Crippen LogP contribution in [-0.4, -0.2) is 105 Å². The van der Waals surface area contributed by atoms with E-state index in [4.69, 9.17) is 9.47 Å². The van der Waals surface area contributed by atoms with Crippen molar-refractivity contribution in [2.24, 2.45) is 11.8 Å². The number of benzene rings is 1. The molecule has 1 amide bonds. The maximum Gasteiger partial charge on any atom is 0.305 e. The number of hydrogen-bond acceptors (Lipinski definition) is 7. The van der Waals surface area contributed by atoms with Gasteiger partial charge in [-0.05, 0) is 82.5 Å². The molecule has 4 heterocycles. The van der Waals surface area contributed by atoms with E-state index in [-0.39, 0.29) is 17.9 Å². The first kappa shape index (κ1) is 27.3. The van der Waals surface area contributed by atoms with Gasteiger partial charge in [-0.15, -0.1) is 0 Å². The summed E-state index contributed by atoms with van der Waals surface area (Å²) in [6.45, 7) is 9.58. The summed E-state index contributed by atoms with van der Waals surface area (Å²) in [5, 5.41) is 0. The number of hydrogen-bond donors (Lipinski definition) is 0. The van der Waals surface area contributed by atoms with E-state index in [2.05, 4.69) is 31.7 Å². The first-order chi connectivity index (χ1) is 18.6. The summed E-state index contributed by atoms with van der Waals surface area (Å²) in [6.07, 6.45) is 7.02. The average Bonchev–Trinajstić information content (AvgIpc) is 2.94. The number of para-hydroxylation sites is 2. The number of rotatable bonds is 9. The van der Waals surface area contributed by atoms with Crippen LogP contribution in [0.5, 0.6) is 5.75 Å². The van der Waals surface area contributed by atoms with Crippen LogP contribution >= 0.6 is 0 Å². The van der Waals surface area contributed by atoms with Crippen molar-refractivity contribution in [3.63, 3.8) is 0 Å². The number of ether oxygens (including phenoxy) is 2. The summed E-state index contributed by atoms with van der Waals surface area (Å²) in [4.78, 5) is 35.6. The molecule has 0 aliphatic carbocycles. The van der Waals surface area contributed by atoms with Gasteiger partial charge in [-0.25, -0.2) is 0 Å². The predicted octanol–water partition coefficient (Wildman–Crippen LogP) is 3.25. The lowest BCUT2D eigenvalue weighted by Gasteiger charge is -2.57. The second-order valence-corrected chi connectivity index (χ2v) is 11.5. The summed E-state index contributed by atoms with van der Waals surface area (Å²) in [5.41, 5.74) is 1.13.